The number of phosphoric ester groups is 1. The molecule has 1 fully saturated rings. The highest BCUT2D eigenvalue weighted by molar-refractivity contribution is 7.46. The van der Waals surface area contributed by atoms with Crippen LogP contribution < -0.4 is 0 Å². The van der Waals surface area contributed by atoms with Gasteiger partial charge in [0.15, 0.2) is 6.10 Å². The van der Waals surface area contributed by atoms with Crippen molar-refractivity contribution in [3.8, 4) is 0 Å². The molecule has 6 atom stereocenters. The van der Waals surface area contributed by atoms with E-state index in [2.05, 4.69) is 30.5 Å². The first-order valence-electron chi connectivity index (χ1n) is 19.8. The molecule has 1 aliphatic rings. The molecule has 0 bridgehead atoms. The fraction of sp³-hybridized carbons (Fsp3) is 0.821. The molecule has 0 aromatic heterocycles. The van der Waals surface area contributed by atoms with Crippen LogP contribution in [0.15, 0.2) is 24.3 Å². The molecular weight excluding hydrogens is 691 g/mol. The number of unbranched alkanes of at least 4 members (excludes halogenated alkanes) is 12. The predicted octanol–water partition coefficient (Wildman–Crippen LogP) is 7.18. The SMILES string of the molecule is CCCCCC/C=C\CCCCCCCC(=O)OC[C@H](COP(=O)(O)O)OC(=O)CCCCC(=O)C[C@@H]1[C@@H](/C=C/[C@@H](O)CCCCC)[C@H](O)C[C@@H]1O. The van der Waals surface area contributed by atoms with Gasteiger partial charge in [-0.3, -0.25) is 18.9 Å². The summed E-state index contributed by atoms with van der Waals surface area (Å²) in [7, 11) is -4.86. The lowest BCUT2D eigenvalue weighted by Gasteiger charge is -2.20. The summed E-state index contributed by atoms with van der Waals surface area (Å²) < 4.78 is 26.2. The molecule has 0 aromatic rings. The number of carbonyl (C=O) groups excluding carboxylic acids is 3. The number of ketones is 1. The molecule has 302 valence electrons. The zero-order valence-corrected chi connectivity index (χ0v) is 32.7. The lowest BCUT2D eigenvalue weighted by molar-refractivity contribution is -0.161. The molecule has 0 amide bonds. The molecule has 0 saturated heterocycles. The molecular formula is C39H69O12P. The first-order chi connectivity index (χ1) is 24.9. The van der Waals surface area contributed by atoms with Gasteiger partial charge in [0.25, 0.3) is 0 Å². The van der Waals surface area contributed by atoms with Gasteiger partial charge < -0.3 is 34.6 Å². The van der Waals surface area contributed by atoms with Gasteiger partial charge in [-0.25, -0.2) is 4.57 Å². The Morgan fingerprint density at radius 2 is 1.33 bits per heavy atom. The molecule has 12 nitrogen and oxygen atoms in total. The van der Waals surface area contributed by atoms with Crippen molar-refractivity contribution < 1.29 is 58.1 Å². The van der Waals surface area contributed by atoms with E-state index in [1.165, 1.54) is 25.7 Å². The maximum atomic E-state index is 12.7. The summed E-state index contributed by atoms with van der Waals surface area (Å²) in [4.78, 5) is 55.7. The van der Waals surface area contributed by atoms with Crippen molar-refractivity contribution >= 4 is 25.5 Å². The monoisotopic (exact) mass is 760 g/mol. The van der Waals surface area contributed by atoms with E-state index < -0.39 is 69.2 Å². The second kappa shape index (κ2) is 29.4. The quantitative estimate of drug-likeness (QED) is 0.0201. The molecule has 1 aliphatic carbocycles. The number of ether oxygens (including phenoxy) is 2. The summed E-state index contributed by atoms with van der Waals surface area (Å²) in [5.41, 5.74) is 0. The minimum atomic E-state index is -4.86. The smallest absolute Gasteiger partial charge is 0.462 e. The van der Waals surface area contributed by atoms with Crippen molar-refractivity contribution in [1.29, 1.82) is 0 Å². The highest BCUT2D eigenvalue weighted by Gasteiger charge is 2.41. The van der Waals surface area contributed by atoms with Crippen LogP contribution >= 0.6 is 7.82 Å². The Kier molecular flexibility index (Phi) is 27.2. The molecule has 0 heterocycles. The van der Waals surface area contributed by atoms with E-state index >= 15 is 0 Å². The Morgan fingerprint density at radius 3 is 2.00 bits per heavy atom. The van der Waals surface area contributed by atoms with E-state index in [0.29, 0.717) is 25.7 Å². The van der Waals surface area contributed by atoms with E-state index in [0.717, 1.165) is 57.8 Å². The minimum absolute atomic E-state index is 0.0632. The van der Waals surface area contributed by atoms with Gasteiger partial charge in [-0.15, -0.1) is 0 Å². The summed E-state index contributed by atoms with van der Waals surface area (Å²) in [6, 6.07) is 0. The second-order valence-corrected chi connectivity index (χ2v) is 15.5. The van der Waals surface area contributed by atoms with Crippen molar-refractivity contribution in [2.24, 2.45) is 11.8 Å². The van der Waals surface area contributed by atoms with Crippen LogP contribution in [0.5, 0.6) is 0 Å². The van der Waals surface area contributed by atoms with Crippen molar-refractivity contribution in [2.75, 3.05) is 13.2 Å². The highest BCUT2D eigenvalue weighted by atomic mass is 31.2. The Morgan fingerprint density at radius 1 is 0.750 bits per heavy atom. The van der Waals surface area contributed by atoms with Crippen molar-refractivity contribution in [1.82, 2.24) is 0 Å². The number of aliphatic hydroxyl groups is 3. The predicted molar refractivity (Wildman–Crippen MR) is 200 cm³/mol. The maximum absolute atomic E-state index is 12.7. The standard InChI is InChI=1S/C39H69O12P/c1-3-5-7-8-9-10-11-12-13-14-15-16-18-23-38(44)49-29-33(30-50-52(46,47)48)51-39(45)24-20-19-22-32(41)27-35-34(36(42)28-37(35)43)26-25-31(40)21-17-6-4-2/h10-11,25-26,31,33-37,40,42-43H,3-9,12-24,27-30H2,1-2H3,(H2,46,47,48)/b11-10-,26-25+/t31-,33+,34+,35+,36+,37-/m0/s1. The summed E-state index contributed by atoms with van der Waals surface area (Å²) >= 11 is 0. The molecule has 52 heavy (non-hydrogen) atoms. The summed E-state index contributed by atoms with van der Waals surface area (Å²) in [6.07, 6.45) is 21.1. The van der Waals surface area contributed by atoms with Gasteiger partial charge in [0.2, 0.25) is 0 Å². The van der Waals surface area contributed by atoms with Gasteiger partial charge in [-0.05, 0) is 51.4 Å². The maximum Gasteiger partial charge on any atom is 0.469 e. The molecule has 1 saturated carbocycles. The van der Waals surface area contributed by atoms with Crippen LogP contribution in [0, 0.1) is 11.8 Å². The lowest BCUT2D eigenvalue weighted by atomic mass is 9.87. The average molecular weight is 761 g/mol. The Bertz CT molecular complexity index is 1070. The van der Waals surface area contributed by atoms with Crippen LogP contribution in [0.3, 0.4) is 0 Å². The van der Waals surface area contributed by atoms with Gasteiger partial charge in [0.05, 0.1) is 24.9 Å². The van der Waals surface area contributed by atoms with Gasteiger partial charge >= 0.3 is 19.8 Å². The van der Waals surface area contributed by atoms with Crippen molar-refractivity contribution in [2.45, 2.75) is 180 Å². The first kappa shape index (κ1) is 48.1. The number of aliphatic hydroxyl groups excluding tert-OH is 3. The Hall–Kier alpha value is -1.92. The third-order valence-electron chi connectivity index (χ3n) is 9.42. The van der Waals surface area contributed by atoms with E-state index in [1.54, 1.807) is 12.2 Å². The molecule has 0 radical (unpaired) electrons. The zero-order valence-electron chi connectivity index (χ0n) is 31.8. The third kappa shape index (κ3) is 25.2. The molecule has 1 rings (SSSR count). The number of esters is 2. The highest BCUT2D eigenvalue weighted by Crippen LogP contribution is 2.37. The van der Waals surface area contributed by atoms with Gasteiger partial charge in [0.1, 0.15) is 12.4 Å². The van der Waals surface area contributed by atoms with E-state index in [-0.39, 0.29) is 37.9 Å². The molecule has 0 aliphatic heterocycles. The van der Waals surface area contributed by atoms with Gasteiger partial charge in [0, 0.05) is 43.9 Å². The first-order valence-corrected chi connectivity index (χ1v) is 21.3. The van der Waals surface area contributed by atoms with Crippen LogP contribution in [0.2, 0.25) is 0 Å². The number of hydrogen-bond donors (Lipinski definition) is 5. The number of hydrogen-bond acceptors (Lipinski definition) is 10. The molecule has 0 spiro atoms. The summed E-state index contributed by atoms with van der Waals surface area (Å²) in [6.45, 7) is 3.22. The topological polar surface area (TPSA) is 197 Å². The van der Waals surface area contributed by atoms with E-state index in [4.69, 9.17) is 19.3 Å². The lowest BCUT2D eigenvalue weighted by Crippen LogP contribution is -2.29. The van der Waals surface area contributed by atoms with Crippen LogP contribution in [0.4, 0.5) is 0 Å². The van der Waals surface area contributed by atoms with Crippen molar-refractivity contribution in [3.05, 3.63) is 24.3 Å². The summed E-state index contributed by atoms with van der Waals surface area (Å²) in [5, 5.41) is 31.1. The van der Waals surface area contributed by atoms with Crippen LogP contribution in [0.1, 0.15) is 155 Å². The van der Waals surface area contributed by atoms with Crippen LogP contribution in [-0.2, 0) is 32.9 Å². The van der Waals surface area contributed by atoms with Crippen molar-refractivity contribution in [3.63, 3.8) is 0 Å². The Labute approximate surface area is 312 Å². The molecule has 0 aromatic carbocycles. The largest absolute Gasteiger partial charge is 0.469 e. The second-order valence-electron chi connectivity index (χ2n) is 14.2. The minimum Gasteiger partial charge on any atom is -0.462 e. The number of allylic oxidation sites excluding steroid dienone is 2. The summed E-state index contributed by atoms with van der Waals surface area (Å²) in [5.74, 6) is -2.21. The van der Waals surface area contributed by atoms with Crippen LogP contribution in [0.25, 0.3) is 0 Å². The van der Waals surface area contributed by atoms with Gasteiger partial charge in [-0.1, -0.05) is 95.9 Å². The van der Waals surface area contributed by atoms with E-state index in [9.17, 15) is 34.3 Å². The number of phosphoric acid groups is 1. The number of carbonyl (C=O) groups is 3. The molecule has 13 heteroatoms. The fourth-order valence-corrected chi connectivity index (χ4v) is 6.72. The Balaban J connectivity index is 2.37. The average Bonchev–Trinajstić information content (AvgIpc) is 3.35. The van der Waals surface area contributed by atoms with Crippen LogP contribution in [-0.4, -0.2) is 80.5 Å². The number of rotatable bonds is 32. The number of Topliss-reactive ketones (excluding diaryl/α,β-unsaturated/α-hetero) is 1. The molecule has 5 N–H and O–H groups in total. The normalized spacial score (nSPS) is 20.4. The molecule has 0 unspecified atom stereocenters. The fourth-order valence-electron chi connectivity index (χ4n) is 6.36. The third-order valence-corrected chi connectivity index (χ3v) is 9.91. The van der Waals surface area contributed by atoms with E-state index in [1.807, 2.05) is 0 Å². The van der Waals surface area contributed by atoms with Gasteiger partial charge in [-0.2, -0.15) is 0 Å². The zero-order chi connectivity index (χ0) is 38.6.